The van der Waals surface area contributed by atoms with Crippen molar-refractivity contribution >= 4 is 10.9 Å². The van der Waals surface area contributed by atoms with Gasteiger partial charge < -0.3 is 14.8 Å². The highest BCUT2D eigenvalue weighted by molar-refractivity contribution is 5.92. The van der Waals surface area contributed by atoms with Crippen LogP contribution in [0.15, 0.2) is 53.3 Å². The lowest BCUT2D eigenvalue weighted by Gasteiger charge is -2.11. The van der Waals surface area contributed by atoms with E-state index in [9.17, 15) is 23.1 Å². The molecule has 0 aliphatic heterocycles. The molecule has 7 heteroatoms. The fourth-order valence-corrected chi connectivity index (χ4v) is 2.33. The number of rotatable bonds is 2. The van der Waals surface area contributed by atoms with Gasteiger partial charge in [-0.1, -0.05) is 30.3 Å². The Labute approximate surface area is 127 Å². The van der Waals surface area contributed by atoms with Crippen LogP contribution in [0.3, 0.4) is 0 Å². The number of hydrogen-bond donors (Lipinski definition) is 2. The summed E-state index contributed by atoms with van der Waals surface area (Å²) in [6, 6.07) is 11.7. The molecule has 0 atom stereocenters. The standard InChI is InChI=1S/C16H10F3NO3/c17-16(18,19)23-10-6-7-12-11(8-10)14(21)13(15(22)20-12)9-4-2-1-3-5-9/h1-8H,(H2,20,21,22). The van der Waals surface area contributed by atoms with E-state index in [0.29, 0.717) is 5.56 Å². The van der Waals surface area contributed by atoms with E-state index in [1.807, 2.05) is 0 Å². The van der Waals surface area contributed by atoms with Crippen molar-refractivity contribution in [3.05, 3.63) is 58.9 Å². The number of pyridine rings is 1. The van der Waals surface area contributed by atoms with E-state index in [-0.39, 0.29) is 16.5 Å². The van der Waals surface area contributed by atoms with E-state index in [1.165, 1.54) is 6.07 Å². The first-order valence-electron chi connectivity index (χ1n) is 6.55. The van der Waals surface area contributed by atoms with Crippen molar-refractivity contribution in [1.29, 1.82) is 0 Å². The summed E-state index contributed by atoms with van der Waals surface area (Å²) in [4.78, 5) is 14.7. The summed E-state index contributed by atoms with van der Waals surface area (Å²) in [5, 5.41) is 10.4. The molecule has 0 aliphatic carbocycles. The number of ether oxygens (including phenoxy) is 1. The van der Waals surface area contributed by atoms with Crippen LogP contribution in [0.25, 0.3) is 22.0 Å². The highest BCUT2D eigenvalue weighted by Crippen LogP contribution is 2.34. The van der Waals surface area contributed by atoms with Crippen molar-refractivity contribution < 1.29 is 23.0 Å². The Kier molecular flexibility index (Phi) is 3.48. The Morgan fingerprint density at radius 2 is 1.74 bits per heavy atom. The average molecular weight is 321 g/mol. The quantitative estimate of drug-likeness (QED) is 0.755. The second kappa shape index (κ2) is 5.35. The first-order chi connectivity index (χ1) is 10.8. The van der Waals surface area contributed by atoms with Crippen LogP contribution in [0, 0.1) is 0 Å². The Balaban J connectivity index is 2.22. The molecule has 2 aromatic carbocycles. The predicted octanol–water partition coefficient (Wildman–Crippen LogP) is 3.80. The number of aromatic nitrogens is 1. The van der Waals surface area contributed by atoms with Crippen molar-refractivity contribution in [2.75, 3.05) is 0 Å². The van der Waals surface area contributed by atoms with Gasteiger partial charge in [0.05, 0.1) is 11.1 Å². The van der Waals surface area contributed by atoms with Crippen LogP contribution in [-0.2, 0) is 0 Å². The molecule has 0 fully saturated rings. The van der Waals surface area contributed by atoms with Crippen molar-refractivity contribution in [2.24, 2.45) is 0 Å². The zero-order valence-electron chi connectivity index (χ0n) is 11.5. The molecular weight excluding hydrogens is 311 g/mol. The molecular formula is C16H10F3NO3. The smallest absolute Gasteiger partial charge is 0.506 e. The summed E-state index contributed by atoms with van der Waals surface area (Å²) >= 11 is 0. The number of alkyl halides is 3. The van der Waals surface area contributed by atoms with E-state index in [1.54, 1.807) is 30.3 Å². The topological polar surface area (TPSA) is 62.3 Å². The van der Waals surface area contributed by atoms with Crippen LogP contribution in [0.1, 0.15) is 0 Å². The number of halogens is 3. The van der Waals surface area contributed by atoms with Gasteiger partial charge in [0.1, 0.15) is 11.5 Å². The molecule has 0 amide bonds. The summed E-state index contributed by atoms with van der Waals surface area (Å²) in [5.74, 6) is -0.881. The van der Waals surface area contributed by atoms with Gasteiger partial charge in [-0.15, -0.1) is 13.2 Å². The molecule has 118 valence electrons. The van der Waals surface area contributed by atoms with Crippen LogP contribution in [-0.4, -0.2) is 16.5 Å². The van der Waals surface area contributed by atoms with Gasteiger partial charge in [-0.3, -0.25) is 4.79 Å². The van der Waals surface area contributed by atoms with Gasteiger partial charge in [0.25, 0.3) is 5.56 Å². The first kappa shape index (κ1) is 15.0. The van der Waals surface area contributed by atoms with Crippen LogP contribution in [0.4, 0.5) is 13.2 Å². The molecule has 2 N–H and O–H groups in total. The molecule has 0 saturated carbocycles. The summed E-state index contributed by atoms with van der Waals surface area (Å²) in [5.41, 5.74) is 0.116. The predicted molar refractivity (Wildman–Crippen MR) is 78.4 cm³/mol. The lowest BCUT2D eigenvalue weighted by Crippen LogP contribution is -2.17. The van der Waals surface area contributed by atoms with E-state index in [0.717, 1.165) is 12.1 Å². The van der Waals surface area contributed by atoms with E-state index in [2.05, 4.69) is 9.72 Å². The Morgan fingerprint density at radius 1 is 1.04 bits per heavy atom. The molecule has 1 heterocycles. The maximum Gasteiger partial charge on any atom is 0.573 e. The van der Waals surface area contributed by atoms with Gasteiger partial charge in [-0.2, -0.15) is 0 Å². The molecule has 1 aromatic heterocycles. The number of aromatic hydroxyl groups is 1. The number of fused-ring (bicyclic) bond motifs is 1. The van der Waals surface area contributed by atoms with E-state index >= 15 is 0 Å². The minimum absolute atomic E-state index is 0.0118. The average Bonchev–Trinajstić information content (AvgIpc) is 2.48. The lowest BCUT2D eigenvalue weighted by molar-refractivity contribution is -0.274. The number of nitrogens with one attached hydrogen (secondary N) is 1. The van der Waals surface area contributed by atoms with Gasteiger partial charge in [-0.25, -0.2) is 0 Å². The van der Waals surface area contributed by atoms with Crippen LogP contribution >= 0.6 is 0 Å². The zero-order chi connectivity index (χ0) is 16.6. The molecule has 0 aliphatic rings. The van der Waals surface area contributed by atoms with Crippen molar-refractivity contribution in [1.82, 2.24) is 4.98 Å². The highest BCUT2D eigenvalue weighted by Gasteiger charge is 2.31. The molecule has 0 saturated heterocycles. The Hall–Kier alpha value is -2.96. The molecule has 4 nitrogen and oxygen atoms in total. The normalized spacial score (nSPS) is 11.6. The van der Waals surface area contributed by atoms with Crippen LogP contribution < -0.4 is 10.3 Å². The largest absolute Gasteiger partial charge is 0.573 e. The second-order valence-electron chi connectivity index (χ2n) is 4.80. The Morgan fingerprint density at radius 3 is 2.39 bits per heavy atom. The van der Waals surface area contributed by atoms with Gasteiger partial charge in [0.2, 0.25) is 0 Å². The van der Waals surface area contributed by atoms with Crippen molar-refractivity contribution in [2.45, 2.75) is 6.36 Å². The molecule has 0 unspecified atom stereocenters. The molecule has 3 rings (SSSR count). The zero-order valence-corrected chi connectivity index (χ0v) is 11.5. The fourth-order valence-electron chi connectivity index (χ4n) is 2.33. The van der Waals surface area contributed by atoms with Gasteiger partial charge in [-0.05, 0) is 23.8 Å². The van der Waals surface area contributed by atoms with Gasteiger partial charge >= 0.3 is 6.36 Å². The summed E-state index contributed by atoms with van der Waals surface area (Å²) < 4.78 is 40.8. The molecule has 0 bridgehead atoms. The molecule has 3 aromatic rings. The maximum absolute atomic E-state index is 12.3. The third-order valence-corrected chi connectivity index (χ3v) is 3.25. The van der Waals surface area contributed by atoms with Gasteiger partial charge in [0, 0.05) is 5.39 Å². The number of H-pyrrole nitrogens is 1. The maximum atomic E-state index is 12.3. The van der Waals surface area contributed by atoms with Crippen molar-refractivity contribution in [3.8, 4) is 22.6 Å². The monoisotopic (exact) mass is 321 g/mol. The Bertz CT molecular complexity index is 917. The number of aromatic amines is 1. The van der Waals surface area contributed by atoms with Gasteiger partial charge in [0.15, 0.2) is 0 Å². The molecule has 23 heavy (non-hydrogen) atoms. The summed E-state index contributed by atoms with van der Waals surface area (Å²) in [6.45, 7) is 0. The minimum atomic E-state index is -4.84. The third kappa shape index (κ3) is 2.98. The first-order valence-corrected chi connectivity index (χ1v) is 6.55. The van der Waals surface area contributed by atoms with Crippen LogP contribution in [0.2, 0.25) is 0 Å². The lowest BCUT2D eigenvalue weighted by atomic mass is 10.0. The van der Waals surface area contributed by atoms with E-state index < -0.39 is 23.4 Å². The van der Waals surface area contributed by atoms with Crippen molar-refractivity contribution in [3.63, 3.8) is 0 Å². The molecule has 0 spiro atoms. The fraction of sp³-hybridized carbons (Fsp3) is 0.0625. The number of hydrogen-bond acceptors (Lipinski definition) is 3. The third-order valence-electron chi connectivity index (χ3n) is 3.25. The molecule has 0 radical (unpaired) electrons. The summed E-state index contributed by atoms with van der Waals surface area (Å²) in [6.07, 6.45) is -4.84. The number of benzene rings is 2. The second-order valence-corrected chi connectivity index (χ2v) is 4.80. The SMILES string of the molecule is O=c1[nH]c2ccc(OC(F)(F)F)cc2c(O)c1-c1ccccc1. The minimum Gasteiger partial charge on any atom is -0.506 e. The van der Waals surface area contributed by atoms with E-state index in [4.69, 9.17) is 0 Å². The summed E-state index contributed by atoms with van der Waals surface area (Å²) in [7, 11) is 0. The highest BCUT2D eigenvalue weighted by atomic mass is 19.4. The van der Waals surface area contributed by atoms with Crippen LogP contribution in [0.5, 0.6) is 11.5 Å².